The Hall–Kier alpha value is -1.95. The molecular formula is C16H21N3O2S. The first-order valence-corrected chi connectivity index (χ1v) is 8.05. The third-order valence-corrected chi connectivity index (χ3v) is 4.99. The van der Waals surface area contributed by atoms with Gasteiger partial charge in [-0.05, 0) is 39.1 Å². The lowest BCUT2D eigenvalue weighted by atomic mass is 10.1. The van der Waals surface area contributed by atoms with Gasteiger partial charge < -0.3 is 4.90 Å². The molecule has 2 heterocycles. The molecule has 0 aliphatic heterocycles. The second kappa shape index (κ2) is 6.44. The lowest BCUT2D eigenvalue weighted by Gasteiger charge is -2.24. The number of nitrogens with zero attached hydrogens (tertiary/aromatic N) is 3. The van der Waals surface area contributed by atoms with Crippen LogP contribution in [0.3, 0.4) is 0 Å². The van der Waals surface area contributed by atoms with Gasteiger partial charge in [0.25, 0.3) is 0 Å². The Bertz CT molecular complexity index is 689. The van der Waals surface area contributed by atoms with Crippen LogP contribution >= 0.6 is 11.3 Å². The fourth-order valence-corrected chi connectivity index (χ4v) is 3.36. The van der Waals surface area contributed by atoms with Crippen molar-refractivity contribution in [2.24, 2.45) is 0 Å². The van der Waals surface area contributed by atoms with E-state index >= 15 is 0 Å². The van der Waals surface area contributed by atoms with E-state index in [0.29, 0.717) is 11.3 Å². The highest BCUT2D eigenvalue weighted by atomic mass is 32.1. The molecule has 2 rings (SSSR count). The zero-order valence-electron chi connectivity index (χ0n) is 13.6. The van der Waals surface area contributed by atoms with E-state index in [0.717, 1.165) is 10.6 Å². The van der Waals surface area contributed by atoms with Crippen LogP contribution in [0.4, 0.5) is 0 Å². The van der Waals surface area contributed by atoms with Gasteiger partial charge in [-0.15, -0.1) is 11.3 Å². The van der Waals surface area contributed by atoms with Crippen LogP contribution in [0.1, 0.15) is 46.5 Å². The molecule has 0 aliphatic carbocycles. The zero-order valence-corrected chi connectivity index (χ0v) is 14.4. The molecular weight excluding hydrogens is 298 g/mol. The molecule has 6 heteroatoms. The van der Waals surface area contributed by atoms with Crippen LogP contribution in [0.15, 0.2) is 17.5 Å². The van der Waals surface area contributed by atoms with Crippen LogP contribution in [0.2, 0.25) is 0 Å². The van der Waals surface area contributed by atoms with Gasteiger partial charge in [-0.25, -0.2) is 0 Å². The van der Waals surface area contributed by atoms with Gasteiger partial charge in [0, 0.05) is 17.6 Å². The Labute approximate surface area is 134 Å². The van der Waals surface area contributed by atoms with Crippen molar-refractivity contribution in [3.8, 4) is 0 Å². The molecule has 0 saturated heterocycles. The van der Waals surface area contributed by atoms with Gasteiger partial charge in [0.05, 0.1) is 17.3 Å². The Balaban J connectivity index is 2.15. The summed E-state index contributed by atoms with van der Waals surface area (Å²) >= 11 is 1.64. The molecule has 2 aromatic heterocycles. The molecule has 0 fully saturated rings. The first kappa shape index (κ1) is 16.4. The minimum atomic E-state index is -0.0263. The summed E-state index contributed by atoms with van der Waals surface area (Å²) < 4.78 is 1.62. The molecule has 1 atom stereocenters. The van der Waals surface area contributed by atoms with Crippen molar-refractivity contribution < 1.29 is 9.59 Å². The number of amides is 1. The second-order valence-corrected chi connectivity index (χ2v) is 6.43. The number of ketones is 1. The van der Waals surface area contributed by atoms with Gasteiger partial charge in [-0.2, -0.15) is 5.10 Å². The number of carbonyl (C=O) groups excluding carboxylic acids is 2. The lowest BCUT2D eigenvalue weighted by molar-refractivity contribution is -0.132. The molecule has 0 N–H and O–H groups in total. The molecule has 22 heavy (non-hydrogen) atoms. The third kappa shape index (κ3) is 3.11. The highest BCUT2D eigenvalue weighted by molar-refractivity contribution is 7.10. The number of aryl methyl sites for hydroxylation is 1. The normalized spacial score (nSPS) is 12.2. The summed E-state index contributed by atoms with van der Waals surface area (Å²) in [6, 6.07) is 4.03. The molecule has 0 aromatic carbocycles. The van der Waals surface area contributed by atoms with Crippen molar-refractivity contribution in [2.75, 3.05) is 7.05 Å². The zero-order chi connectivity index (χ0) is 16.4. The largest absolute Gasteiger partial charge is 0.337 e. The molecule has 0 radical (unpaired) electrons. The fourth-order valence-electron chi connectivity index (χ4n) is 2.54. The summed E-state index contributed by atoms with van der Waals surface area (Å²) in [6.07, 6.45) is 0. The molecule has 0 bridgehead atoms. The van der Waals surface area contributed by atoms with Crippen molar-refractivity contribution in [1.29, 1.82) is 0 Å². The fraction of sp³-hybridized carbons (Fsp3) is 0.438. The monoisotopic (exact) mass is 319 g/mol. The highest BCUT2D eigenvalue weighted by Gasteiger charge is 2.21. The number of Topliss-reactive ketones (excluding diaryl/α,β-unsaturated/α-hetero) is 1. The summed E-state index contributed by atoms with van der Waals surface area (Å²) in [5.41, 5.74) is 2.03. The molecule has 5 nitrogen and oxygen atoms in total. The summed E-state index contributed by atoms with van der Waals surface area (Å²) in [6.45, 7) is 7.29. The van der Waals surface area contributed by atoms with E-state index in [1.54, 1.807) is 34.9 Å². The van der Waals surface area contributed by atoms with Crippen LogP contribution in [0.5, 0.6) is 0 Å². The predicted octanol–water partition coefficient (Wildman–Crippen LogP) is 2.98. The Morgan fingerprint density at radius 2 is 2.09 bits per heavy atom. The summed E-state index contributed by atoms with van der Waals surface area (Å²) in [5, 5.41) is 6.33. The summed E-state index contributed by atoms with van der Waals surface area (Å²) in [4.78, 5) is 27.0. The van der Waals surface area contributed by atoms with Gasteiger partial charge >= 0.3 is 0 Å². The number of likely N-dealkylation sites (N-methyl/N-ethyl adjacent to an activating group) is 1. The number of rotatable bonds is 5. The summed E-state index contributed by atoms with van der Waals surface area (Å²) in [7, 11) is 1.80. The molecule has 0 saturated carbocycles. The molecule has 118 valence electrons. The van der Waals surface area contributed by atoms with E-state index in [1.165, 1.54) is 6.92 Å². The Morgan fingerprint density at radius 1 is 1.41 bits per heavy atom. The number of carbonyl (C=O) groups is 2. The van der Waals surface area contributed by atoms with Crippen LogP contribution in [-0.2, 0) is 11.3 Å². The van der Waals surface area contributed by atoms with Crippen molar-refractivity contribution >= 4 is 23.0 Å². The lowest BCUT2D eigenvalue weighted by Crippen LogP contribution is -2.32. The van der Waals surface area contributed by atoms with E-state index in [9.17, 15) is 9.59 Å². The van der Waals surface area contributed by atoms with Crippen LogP contribution in [-0.4, -0.2) is 33.4 Å². The van der Waals surface area contributed by atoms with E-state index in [4.69, 9.17) is 0 Å². The first-order chi connectivity index (χ1) is 10.3. The van der Waals surface area contributed by atoms with Gasteiger partial charge in [-0.1, -0.05) is 6.07 Å². The molecule has 0 spiro atoms. The minimum Gasteiger partial charge on any atom is -0.337 e. The van der Waals surface area contributed by atoms with Crippen molar-refractivity contribution in [3.05, 3.63) is 39.3 Å². The van der Waals surface area contributed by atoms with E-state index in [1.807, 2.05) is 31.4 Å². The molecule has 0 aliphatic rings. The van der Waals surface area contributed by atoms with Gasteiger partial charge in [0.1, 0.15) is 6.54 Å². The van der Waals surface area contributed by atoms with Crippen LogP contribution in [0, 0.1) is 13.8 Å². The number of hydrogen-bond acceptors (Lipinski definition) is 4. The van der Waals surface area contributed by atoms with Gasteiger partial charge in [0.15, 0.2) is 5.78 Å². The minimum absolute atomic E-state index is 0.0194. The van der Waals surface area contributed by atoms with Crippen molar-refractivity contribution in [3.63, 3.8) is 0 Å². The number of thiophene rings is 1. The maximum atomic E-state index is 12.5. The SMILES string of the molecule is CC(=O)c1c(C)nn(CC(=O)N(C)[C@H](C)c2cccs2)c1C. The average molecular weight is 319 g/mol. The molecule has 1 amide bonds. The topological polar surface area (TPSA) is 55.2 Å². The molecule has 0 unspecified atom stereocenters. The maximum absolute atomic E-state index is 12.5. The van der Waals surface area contributed by atoms with E-state index < -0.39 is 0 Å². The second-order valence-electron chi connectivity index (χ2n) is 5.46. The number of hydrogen-bond donors (Lipinski definition) is 0. The van der Waals surface area contributed by atoms with Gasteiger partial charge in [-0.3, -0.25) is 14.3 Å². The van der Waals surface area contributed by atoms with Crippen LogP contribution < -0.4 is 0 Å². The third-order valence-electron chi connectivity index (χ3n) is 3.95. The molecule has 2 aromatic rings. The summed E-state index contributed by atoms with van der Waals surface area (Å²) in [5.74, 6) is -0.0457. The average Bonchev–Trinajstić information content (AvgIpc) is 3.06. The highest BCUT2D eigenvalue weighted by Crippen LogP contribution is 2.23. The Morgan fingerprint density at radius 3 is 2.59 bits per heavy atom. The van der Waals surface area contributed by atoms with Gasteiger partial charge in [0.2, 0.25) is 5.91 Å². The quantitative estimate of drug-likeness (QED) is 0.796. The Kier molecular flexibility index (Phi) is 4.81. The first-order valence-electron chi connectivity index (χ1n) is 7.17. The number of aromatic nitrogens is 2. The van der Waals surface area contributed by atoms with Crippen molar-refractivity contribution in [2.45, 2.75) is 40.3 Å². The predicted molar refractivity (Wildman–Crippen MR) is 87.2 cm³/mol. The van der Waals surface area contributed by atoms with E-state index in [-0.39, 0.29) is 24.3 Å². The van der Waals surface area contributed by atoms with Crippen molar-refractivity contribution in [1.82, 2.24) is 14.7 Å². The standard InChI is InChI=1S/C16H21N3O2S/c1-10-16(13(4)20)12(3)19(17-10)9-15(21)18(5)11(2)14-7-6-8-22-14/h6-8,11H,9H2,1-5H3/t11-/m1/s1. The van der Waals surface area contributed by atoms with Crippen LogP contribution in [0.25, 0.3) is 0 Å². The maximum Gasteiger partial charge on any atom is 0.244 e. The smallest absolute Gasteiger partial charge is 0.244 e. The van der Waals surface area contributed by atoms with E-state index in [2.05, 4.69) is 5.10 Å².